The van der Waals surface area contributed by atoms with Gasteiger partial charge in [-0.05, 0) is 55.4 Å². The average molecular weight is 525 g/mol. The Labute approximate surface area is 212 Å². The molecule has 0 spiro atoms. The summed E-state index contributed by atoms with van der Waals surface area (Å²) in [7, 11) is 0. The lowest BCUT2D eigenvalue weighted by Gasteiger charge is -2.34. The minimum atomic E-state index is -1.15. The van der Waals surface area contributed by atoms with Gasteiger partial charge in [0.1, 0.15) is 35.6 Å². The van der Waals surface area contributed by atoms with Gasteiger partial charge in [-0.15, -0.1) is 0 Å². The summed E-state index contributed by atoms with van der Waals surface area (Å²) < 4.78 is 44.3. The third-order valence-corrected chi connectivity index (χ3v) is 6.60. The molecule has 4 aliphatic rings. The van der Waals surface area contributed by atoms with Crippen LogP contribution in [0.15, 0.2) is 0 Å². The molecule has 0 bridgehead atoms. The molecule has 0 amide bonds. The SMILES string of the molecule is CC1(C)OC[C@H]([C@H](O)[C@]2(CO)COC(C)(C)O2)O1.CC1(C)OC[C@H]([C@H](O)[C@]2(CO)COC(C)(C)O2)O1. The maximum Gasteiger partial charge on any atom is 0.164 e. The molecule has 0 aromatic rings. The normalized spacial score (nSPS) is 40.0. The van der Waals surface area contributed by atoms with E-state index in [1.165, 1.54) is 0 Å². The molecule has 6 atom stereocenters. The van der Waals surface area contributed by atoms with E-state index in [0.29, 0.717) is 0 Å². The van der Waals surface area contributed by atoms with Gasteiger partial charge in [0, 0.05) is 0 Å². The summed E-state index contributed by atoms with van der Waals surface area (Å²) in [5.41, 5.74) is -2.31. The Balaban J connectivity index is 0.000000201. The van der Waals surface area contributed by atoms with Crippen LogP contribution in [0.1, 0.15) is 55.4 Å². The van der Waals surface area contributed by atoms with Gasteiger partial charge in [-0.3, -0.25) is 0 Å². The summed E-state index contributed by atoms with van der Waals surface area (Å²) in [6, 6.07) is 0. The van der Waals surface area contributed by atoms with E-state index in [-0.39, 0.29) is 39.6 Å². The fourth-order valence-corrected chi connectivity index (χ4v) is 4.74. The van der Waals surface area contributed by atoms with Gasteiger partial charge >= 0.3 is 0 Å². The molecule has 0 aromatic carbocycles. The Morgan fingerprint density at radius 2 is 0.917 bits per heavy atom. The van der Waals surface area contributed by atoms with Crippen molar-refractivity contribution in [2.45, 2.75) is 114 Å². The highest BCUT2D eigenvalue weighted by Gasteiger charge is 2.56. The molecular formula is C24H44O12. The summed E-state index contributed by atoms with van der Waals surface area (Å²) in [6.07, 6.45) is -3.09. The molecule has 4 N–H and O–H groups in total. The fourth-order valence-electron chi connectivity index (χ4n) is 4.74. The predicted octanol–water partition coefficient (Wildman–Crippen LogP) is 0.0256. The van der Waals surface area contributed by atoms with Crippen LogP contribution in [-0.4, -0.2) is 119 Å². The van der Waals surface area contributed by atoms with Crippen LogP contribution in [0.25, 0.3) is 0 Å². The summed E-state index contributed by atoms with van der Waals surface area (Å²) in [4.78, 5) is 0. The lowest BCUT2D eigenvalue weighted by Crippen LogP contribution is -2.55. The Morgan fingerprint density at radius 1 is 0.583 bits per heavy atom. The van der Waals surface area contributed by atoms with Crippen molar-refractivity contribution in [3.63, 3.8) is 0 Å². The molecule has 0 saturated carbocycles. The number of ether oxygens (including phenoxy) is 8. The van der Waals surface area contributed by atoms with Crippen LogP contribution in [-0.2, 0) is 37.9 Å². The highest BCUT2D eigenvalue weighted by Crippen LogP contribution is 2.38. The van der Waals surface area contributed by atoms with E-state index in [2.05, 4.69) is 0 Å². The van der Waals surface area contributed by atoms with Crippen molar-refractivity contribution in [1.82, 2.24) is 0 Å². The van der Waals surface area contributed by atoms with Crippen LogP contribution in [0.4, 0.5) is 0 Å². The zero-order valence-electron chi connectivity index (χ0n) is 22.6. The van der Waals surface area contributed by atoms with Crippen LogP contribution in [0.5, 0.6) is 0 Å². The quantitative estimate of drug-likeness (QED) is 0.370. The molecule has 4 rings (SSSR count). The van der Waals surface area contributed by atoms with Crippen molar-refractivity contribution >= 4 is 0 Å². The predicted molar refractivity (Wildman–Crippen MR) is 124 cm³/mol. The molecule has 36 heavy (non-hydrogen) atoms. The van der Waals surface area contributed by atoms with E-state index < -0.39 is 58.8 Å². The third kappa shape index (κ3) is 6.56. The van der Waals surface area contributed by atoms with Crippen molar-refractivity contribution < 1.29 is 58.3 Å². The first-order valence-electron chi connectivity index (χ1n) is 12.3. The van der Waals surface area contributed by atoms with Gasteiger partial charge in [0.15, 0.2) is 23.1 Å². The second-order valence-electron chi connectivity index (χ2n) is 11.7. The maximum absolute atomic E-state index is 10.4. The zero-order chi connectivity index (χ0) is 27.2. The van der Waals surface area contributed by atoms with Gasteiger partial charge in [-0.2, -0.15) is 0 Å². The van der Waals surface area contributed by atoms with E-state index in [4.69, 9.17) is 37.9 Å². The Hall–Kier alpha value is -0.480. The number of aliphatic hydroxyl groups is 4. The largest absolute Gasteiger partial charge is 0.393 e. The smallest absolute Gasteiger partial charge is 0.164 e. The van der Waals surface area contributed by atoms with Gasteiger partial charge in [-0.25, -0.2) is 0 Å². The molecule has 0 aliphatic carbocycles. The lowest BCUT2D eigenvalue weighted by molar-refractivity contribution is -0.219. The van der Waals surface area contributed by atoms with Crippen molar-refractivity contribution in [3.05, 3.63) is 0 Å². The molecule has 12 heteroatoms. The minimum absolute atomic E-state index is 0.123. The standard InChI is InChI=1S/2C12H22O6/c2*1-10(2)15-5-8(17-10)9(14)12(6-13)7-16-11(3,4)18-12/h2*8-9,13-14H,5-7H2,1-4H3/t2*8-,9+,12+/m11/s1. The molecular weight excluding hydrogens is 480 g/mol. The first kappa shape index (κ1) is 30.1. The average Bonchev–Trinajstić information content (AvgIpc) is 3.51. The highest BCUT2D eigenvalue weighted by molar-refractivity contribution is 5.00. The molecule has 4 heterocycles. The van der Waals surface area contributed by atoms with E-state index >= 15 is 0 Å². The van der Waals surface area contributed by atoms with Gasteiger partial charge in [0.05, 0.1) is 39.6 Å². The van der Waals surface area contributed by atoms with Crippen LogP contribution >= 0.6 is 0 Å². The first-order chi connectivity index (χ1) is 16.4. The number of hydrogen-bond acceptors (Lipinski definition) is 12. The minimum Gasteiger partial charge on any atom is -0.393 e. The van der Waals surface area contributed by atoms with Gasteiger partial charge in [-0.1, -0.05) is 0 Å². The highest BCUT2D eigenvalue weighted by atomic mass is 16.8. The van der Waals surface area contributed by atoms with Crippen molar-refractivity contribution in [2.24, 2.45) is 0 Å². The van der Waals surface area contributed by atoms with Crippen LogP contribution < -0.4 is 0 Å². The number of hydrogen-bond donors (Lipinski definition) is 4. The topological polar surface area (TPSA) is 155 Å². The molecule has 212 valence electrons. The Bertz CT molecular complexity index is 693. The van der Waals surface area contributed by atoms with Crippen molar-refractivity contribution in [1.29, 1.82) is 0 Å². The monoisotopic (exact) mass is 524 g/mol. The molecule has 4 saturated heterocycles. The summed E-state index contributed by atoms with van der Waals surface area (Å²) in [5, 5.41) is 39.9. The van der Waals surface area contributed by atoms with Gasteiger partial charge < -0.3 is 58.3 Å². The number of aliphatic hydroxyl groups excluding tert-OH is 4. The molecule has 0 radical (unpaired) electrons. The fraction of sp³-hybridized carbons (Fsp3) is 1.00. The zero-order valence-corrected chi connectivity index (χ0v) is 22.6. The number of rotatable bonds is 6. The molecule has 0 unspecified atom stereocenters. The summed E-state index contributed by atoms with van der Waals surface area (Å²) in [6.45, 7) is 14.2. The van der Waals surface area contributed by atoms with E-state index in [9.17, 15) is 20.4 Å². The van der Waals surface area contributed by atoms with Crippen molar-refractivity contribution in [3.8, 4) is 0 Å². The van der Waals surface area contributed by atoms with E-state index in [1.807, 2.05) is 0 Å². The second kappa shape index (κ2) is 10.2. The van der Waals surface area contributed by atoms with Gasteiger partial charge in [0.25, 0.3) is 0 Å². The van der Waals surface area contributed by atoms with Crippen molar-refractivity contribution in [2.75, 3.05) is 39.6 Å². The first-order valence-corrected chi connectivity index (χ1v) is 12.3. The molecule has 12 nitrogen and oxygen atoms in total. The van der Waals surface area contributed by atoms with Gasteiger partial charge in [0.2, 0.25) is 0 Å². The summed E-state index contributed by atoms with van der Waals surface area (Å²) >= 11 is 0. The van der Waals surface area contributed by atoms with E-state index in [0.717, 1.165) is 0 Å². The van der Waals surface area contributed by atoms with E-state index in [1.54, 1.807) is 55.4 Å². The second-order valence-corrected chi connectivity index (χ2v) is 11.7. The molecule has 4 aliphatic heterocycles. The summed E-state index contributed by atoms with van der Waals surface area (Å²) in [5.74, 6) is -3.09. The Kier molecular flexibility index (Phi) is 8.56. The Morgan fingerprint density at radius 3 is 1.11 bits per heavy atom. The molecule has 0 aromatic heterocycles. The van der Waals surface area contributed by atoms with Crippen LogP contribution in [0.3, 0.4) is 0 Å². The molecule has 4 fully saturated rings. The lowest BCUT2D eigenvalue weighted by atomic mass is 9.94. The van der Waals surface area contributed by atoms with Crippen LogP contribution in [0, 0.1) is 0 Å². The van der Waals surface area contributed by atoms with Crippen LogP contribution in [0.2, 0.25) is 0 Å². The maximum atomic E-state index is 10.4. The third-order valence-electron chi connectivity index (χ3n) is 6.60.